The maximum atomic E-state index is 11.8. The molecule has 1 amide bonds. The second kappa shape index (κ2) is 5.96. The first-order valence-corrected chi connectivity index (χ1v) is 8.12. The van der Waals surface area contributed by atoms with Crippen molar-refractivity contribution in [3.05, 3.63) is 60.5 Å². The van der Waals surface area contributed by atoms with Crippen LogP contribution in [0.15, 0.2) is 59.3 Å². The molecule has 0 bridgehead atoms. The molecule has 1 saturated carbocycles. The van der Waals surface area contributed by atoms with Gasteiger partial charge in [0.15, 0.2) is 0 Å². The topological polar surface area (TPSA) is 55.1 Å². The lowest BCUT2D eigenvalue weighted by Crippen LogP contribution is -2.12. The van der Waals surface area contributed by atoms with Crippen molar-refractivity contribution in [1.82, 2.24) is 4.98 Å². The van der Waals surface area contributed by atoms with Crippen molar-refractivity contribution in [3.63, 3.8) is 0 Å². The summed E-state index contributed by atoms with van der Waals surface area (Å²) in [6, 6.07) is 14.1. The van der Waals surface area contributed by atoms with Crippen molar-refractivity contribution in [2.24, 2.45) is 5.92 Å². The van der Waals surface area contributed by atoms with E-state index < -0.39 is 0 Å². The number of benzene rings is 2. The number of anilines is 1. The number of aryl methyl sites for hydroxylation is 1. The zero-order valence-corrected chi connectivity index (χ0v) is 13.5. The van der Waals surface area contributed by atoms with E-state index in [2.05, 4.69) is 29.4 Å². The monoisotopic (exact) mass is 318 g/mol. The molecule has 2 aromatic carbocycles. The van der Waals surface area contributed by atoms with Crippen molar-refractivity contribution in [3.8, 4) is 22.6 Å². The molecule has 1 aliphatic rings. The lowest BCUT2D eigenvalue weighted by molar-refractivity contribution is -0.117. The average Bonchev–Trinajstić information content (AvgIpc) is 3.31. The molecule has 1 N–H and O–H groups in total. The summed E-state index contributed by atoms with van der Waals surface area (Å²) in [4.78, 5) is 16.0. The quantitative estimate of drug-likeness (QED) is 0.761. The molecule has 3 aromatic rings. The molecule has 1 aromatic heterocycles. The third-order valence-electron chi connectivity index (χ3n) is 4.33. The molecule has 120 valence electrons. The highest BCUT2D eigenvalue weighted by Gasteiger charge is 2.29. The standard InChI is InChI=1S/C20H18N2O2/c1-13-2-3-16(20-21-10-11-24-20)12-18(13)14-6-8-17(9-7-14)22-19(23)15-4-5-15/h2-3,6-12,15H,4-5H2,1H3,(H,22,23). The third kappa shape index (κ3) is 2.95. The molecule has 4 nitrogen and oxygen atoms in total. The molecule has 0 saturated heterocycles. The van der Waals surface area contributed by atoms with Gasteiger partial charge in [0.25, 0.3) is 0 Å². The Balaban J connectivity index is 1.61. The van der Waals surface area contributed by atoms with E-state index in [0.717, 1.165) is 35.2 Å². The predicted molar refractivity (Wildman–Crippen MR) is 93.5 cm³/mol. The number of carbonyl (C=O) groups excluding carboxylic acids is 1. The molecular formula is C20H18N2O2. The molecule has 0 unspecified atom stereocenters. The number of nitrogens with one attached hydrogen (secondary N) is 1. The largest absolute Gasteiger partial charge is 0.445 e. The van der Waals surface area contributed by atoms with E-state index in [0.29, 0.717) is 5.89 Å². The van der Waals surface area contributed by atoms with Gasteiger partial charge in [0.1, 0.15) is 6.26 Å². The summed E-state index contributed by atoms with van der Waals surface area (Å²) in [6.45, 7) is 2.08. The number of aromatic nitrogens is 1. The molecule has 4 heteroatoms. The van der Waals surface area contributed by atoms with Crippen LogP contribution in [0, 0.1) is 12.8 Å². The number of amides is 1. The van der Waals surface area contributed by atoms with E-state index in [4.69, 9.17) is 4.42 Å². The molecule has 24 heavy (non-hydrogen) atoms. The number of rotatable bonds is 4. The summed E-state index contributed by atoms with van der Waals surface area (Å²) in [5, 5.41) is 2.97. The molecule has 4 rings (SSSR count). The summed E-state index contributed by atoms with van der Waals surface area (Å²) in [5.74, 6) is 0.957. The van der Waals surface area contributed by atoms with Crippen molar-refractivity contribution in [2.45, 2.75) is 19.8 Å². The molecular weight excluding hydrogens is 300 g/mol. The number of hydrogen-bond donors (Lipinski definition) is 1. The SMILES string of the molecule is Cc1ccc(-c2ncco2)cc1-c1ccc(NC(=O)C2CC2)cc1. The van der Waals surface area contributed by atoms with Gasteiger partial charge in [0.2, 0.25) is 11.8 Å². The average molecular weight is 318 g/mol. The van der Waals surface area contributed by atoms with Crippen molar-refractivity contribution < 1.29 is 9.21 Å². The van der Waals surface area contributed by atoms with Gasteiger partial charge in [-0.2, -0.15) is 0 Å². The van der Waals surface area contributed by atoms with E-state index in [-0.39, 0.29) is 11.8 Å². The molecule has 1 heterocycles. The summed E-state index contributed by atoms with van der Waals surface area (Å²) in [7, 11) is 0. The Bertz CT molecular complexity index is 863. The summed E-state index contributed by atoms with van der Waals surface area (Å²) >= 11 is 0. The fourth-order valence-electron chi connectivity index (χ4n) is 2.76. The van der Waals surface area contributed by atoms with Crippen molar-refractivity contribution in [2.75, 3.05) is 5.32 Å². The second-order valence-electron chi connectivity index (χ2n) is 6.21. The number of carbonyl (C=O) groups is 1. The van der Waals surface area contributed by atoms with E-state index in [1.54, 1.807) is 12.5 Å². The summed E-state index contributed by atoms with van der Waals surface area (Å²) in [6.07, 6.45) is 5.24. The number of nitrogens with zero attached hydrogens (tertiary/aromatic N) is 1. The Morgan fingerprint density at radius 2 is 1.88 bits per heavy atom. The first kappa shape index (κ1) is 14.7. The van der Waals surface area contributed by atoms with Gasteiger partial charge in [-0.05, 0) is 60.7 Å². The van der Waals surface area contributed by atoms with Gasteiger partial charge >= 0.3 is 0 Å². The Labute approximate surface area is 140 Å². The number of hydrogen-bond acceptors (Lipinski definition) is 3. The van der Waals surface area contributed by atoms with Crippen LogP contribution in [0.25, 0.3) is 22.6 Å². The van der Waals surface area contributed by atoms with Gasteiger partial charge in [-0.3, -0.25) is 4.79 Å². The maximum absolute atomic E-state index is 11.8. The minimum atomic E-state index is 0.129. The Kier molecular flexibility index (Phi) is 3.65. The number of oxazole rings is 1. The summed E-state index contributed by atoms with van der Waals surface area (Å²) < 4.78 is 5.38. The van der Waals surface area contributed by atoms with Crippen molar-refractivity contribution >= 4 is 11.6 Å². The van der Waals surface area contributed by atoms with Gasteiger partial charge in [-0.1, -0.05) is 18.2 Å². The molecule has 0 atom stereocenters. The summed E-state index contributed by atoms with van der Waals surface area (Å²) in [5.41, 5.74) is 5.21. The smallest absolute Gasteiger partial charge is 0.227 e. The Morgan fingerprint density at radius 1 is 1.12 bits per heavy atom. The lowest BCUT2D eigenvalue weighted by Gasteiger charge is -2.10. The van der Waals surface area contributed by atoms with E-state index >= 15 is 0 Å². The van der Waals surface area contributed by atoms with Gasteiger partial charge in [0.05, 0.1) is 6.20 Å². The minimum absolute atomic E-state index is 0.129. The minimum Gasteiger partial charge on any atom is -0.445 e. The zero-order chi connectivity index (χ0) is 16.5. The van der Waals surface area contributed by atoms with Crippen LogP contribution in [0.3, 0.4) is 0 Å². The Hall–Kier alpha value is -2.88. The highest BCUT2D eigenvalue weighted by atomic mass is 16.3. The Morgan fingerprint density at radius 3 is 2.54 bits per heavy atom. The second-order valence-corrected chi connectivity index (χ2v) is 6.21. The van der Waals surface area contributed by atoms with Crippen LogP contribution in [0.5, 0.6) is 0 Å². The van der Waals surface area contributed by atoms with E-state index in [1.165, 1.54) is 5.56 Å². The van der Waals surface area contributed by atoms with Crippen LogP contribution >= 0.6 is 0 Å². The zero-order valence-electron chi connectivity index (χ0n) is 13.5. The van der Waals surface area contributed by atoms with Crippen LogP contribution < -0.4 is 5.32 Å². The molecule has 0 radical (unpaired) electrons. The van der Waals surface area contributed by atoms with E-state index in [9.17, 15) is 4.79 Å². The maximum Gasteiger partial charge on any atom is 0.227 e. The van der Waals surface area contributed by atoms with Crippen LogP contribution in [0.2, 0.25) is 0 Å². The molecule has 0 aliphatic heterocycles. The van der Waals surface area contributed by atoms with Crippen molar-refractivity contribution in [1.29, 1.82) is 0 Å². The lowest BCUT2D eigenvalue weighted by atomic mass is 9.98. The van der Waals surface area contributed by atoms with Crippen LogP contribution in [-0.2, 0) is 4.79 Å². The first-order chi connectivity index (χ1) is 11.7. The predicted octanol–water partition coefficient (Wildman–Crippen LogP) is 4.67. The fourth-order valence-corrected chi connectivity index (χ4v) is 2.76. The van der Waals surface area contributed by atoms with Gasteiger partial charge < -0.3 is 9.73 Å². The van der Waals surface area contributed by atoms with Gasteiger partial charge in [0, 0.05) is 17.2 Å². The third-order valence-corrected chi connectivity index (χ3v) is 4.33. The fraction of sp³-hybridized carbons (Fsp3) is 0.200. The van der Waals surface area contributed by atoms with Gasteiger partial charge in [-0.25, -0.2) is 4.98 Å². The van der Waals surface area contributed by atoms with Crippen LogP contribution in [-0.4, -0.2) is 10.9 Å². The van der Waals surface area contributed by atoms with Gasteiger partial charge in [-0.15, -0.1) is 0 Å². The van der Waals surface area contributed by atoms with Crippen LogP contribution in [0.4, 0.5) is 5.69 Å². The highest BCUT2D eigenvalue weighted by Crippen LogP contribution is 2.32. The normalized spacial score (nSPS) is 13.7. The highest BCUT2D eigenvalue weighted by molar-refractivity contribution is 5.94. The van der Waals surface area contributed by atoms with E-state index in [1.807, 2.05) is 30.3 Å². The molecule has 1 aliphatic carbocycles. The molecule has 1 fully saturated rings. The molecule has 0 spiro atoms. The first-order valence-electron chi connectivity index (χ1n) is 8.12. The van der Waals surface area contributed by atoms with Crippen LogP contribution in [0.1, 0.15) is 18.4 Å².